The molecule has 0 aliphatic rings. The molecule has 0 saturated carbocycles. The molecule has 0 fully saturated rings. The van der Waals surface area contributed by atoms with Gasteiger partial charge in [0.1, 0.15) is 11.5 Å². The lowest BCUT2D eigenvalue weighted by Crippen LogP contribution is -2.06. The molecule has 0 bridgehead atoms. The maximum absolute atomic E-state index is 4.55. The van der Waals surface area contributed by atoms with Gasteiger partial charge in [0.05, 0.1) is 5.69 Å². The predicted molar refractivity (Wildman–Crippen MR) is 79.3 cm³/mol. The summed E-state index contributed by atoms with van der Waals surface area (Å²) < 4.78 is 3.02. The van der Waals surface area contributed by atoms with Crippen LogP contribution in [-0.2, 0) is 6.42 Å². The van der Waals surface area contributed by atoms with Gasteiger partial charge in [-0.2, -0.15) is 0 Å². The molecule has 0 aromatic carbocycles. The van der Waals surface area contributed by atoms with Crippen LogP contribution >= 0.6 is 15.9 Å². The third kappa shape index (κ3) is 2.93. The van der Waals surface area contributed by atoms with Crippen LogP contribution in [0.25, 0.3) is 5.65 Å². The highest BCUT2D eigenvalue weighted by Crippen LogP contribution is 2.10. The highest BCUT2D eigenvalue weighted by molar-refractivity contribution is 9.10. The van der Waals surface area contributed by atoms with Crippen molar-refractivity contribution in [1.29, 1.82) is 0 Å². The smallest absolute Gasteiger partial charge is 0.136 e. The summed E-state index contributed by atoms with van der Waals surface area (Å²) in [5, 5.41) is 3.28. The maximum Gasteiger partial charge on any atom is 0.136 e. The van der Waals surface area contributed by atoms with Gasteiger partial charge >= 0.3 is 0 Å². The Kier molecular flexibility index (Phi) is 3.46. The Morgan fingerprint density at radius 1 is 1.21 bits per heavy atom. The van der Waals surface area contributed by atoms with Gasteiger partial charge in [0, 0.05) is 36.0 Å². The molecule has 3 rings (SSSR count). The minimum Gasteiger partial charge on any atom is -0.370 e. The van der Waals surface area contributed by atoms with E-state index in [9.17, 15) is 0 Å². The number of rotatable bonds is 4. The quantitative estimate of drug-likeness (QED) is 0.804. The van der Waals surface area contributed by atoms with E-state index in [0.717, 1.165) is 34.6 Å². The molecule has 3 heterocycles. The Morgan fingerprint density at radius 3 is 2.95 bits per heavy atom. The molecule has 0 radical (unpaired) electrons. The Labute approximate surface area is 119 Å². The number of nitrogens with one attached hydrogen (secondary N) is 1. The molecular formula is C14H13BrN4. The van der Waals surface area contributed by atoms with Crippen molar-refractivity contribution in [1.82, 2.24) is 14.4 Å². The van der Waals surface area contributed by atoms with Crippen molar-refractivity contribution in [3.8, 4) is 0 Å². The third-order valence-corrected chi connectivity index (χ3v) is 3.30. The van der Waals surface area contributed by atoms with Gasteiger partial charge in [-0.15, -0.1) is 0 Å². The highest BCUT2D eigenvalue weighted by Gasteiger charge is 2.00. The van der Waals surface area contributed by atoms with Crippen molar-refractivity contribution in [3.63, 3.8) is 0 Å². The summed E-state index contributed by atoms with van der Waals surface area (Å²) in [6.45, 7) is 0.818. The standard InChI is InChI=1S/C14H13BrN4/c15-11-4-5-13(17-9-11)16-7-6-12-10-19-8-2-1-3-14(19)18-12/h1-5,8-10H,6-7H2,(H,16,17). The minimum absolute atomic E-state index is 0.818. The number of imidazole rings is 1. The van der Waals surface area contributed by atoms with Crippen LogP contribution < -0.4 is 5.32 Å². The van der Waals surface area contributed by atoms with Crippen LogP contribution in [0.4, 0.5) is 5.82 Å². The van der Waals surface area contributed by atoms with E-state index in [2.05, 4.69) is 37.4 Å². The molecule has 19 heavy (non-hydrogen) atoms. The van der Waals surface area contributed by atoms with Crippen molar-refractivity contribution in [2.24, 2.45) is 0 Å². The molecule has 0 atom stereocenters. The van der Waals surface area contributed by atoms with Crippen molar-refractivity contribution in [3.05, 3.63) is 59.1 Å². The fraction of sp³-hybridized carbons (Fsp3) is 0.143. The van der Waals surface area contributed by atoms with Crippen LogP contribution in [0.5, 0.6) is 0 Å². The van der Waals surface area contributed by atoms with Crippen molar-refractivity contribution in [2.45, 2.75) is 6.42 Å². The highest BCUT2D eigenvalue weighted by atomic mass is 79.9. The zero-order valence-corrected chi connectivity index (χ0v) is 11.8. The lowest BCUT2D eigenvalue weighted by molar-refractivity contribution is 0.970. The molecular weight excluding hydrogens is 304 g/mol. The first-order valence-electron chi connectivity index (χ1n) is 6.09. The molecule has 5 heteroatoms. The first-order valence-corrected chi connectivity index (χ1v) is 6.88. The summed E-state index contributed by atoms with van der Waals surface area (Å²) in [7, 11) is 0. The van der Waals surface area contributed by atoms with Crippen molar-refractivity contribution >= 4 is 27.4 Å². The van der Waals surface area contributed by atoms with Crippen LogP contribution in [0, 0.1) is 0 Å². The van der Waals surface area contributed by atoms with E-state index in [1.807, 2.05) is 40.9 Å². The summed E-state index contributed by atoms with van der Waals surface area (Å²) >= 11 is 3.37. The van der Waals surface area contributed by atoms with Gasteiger partial charge in [-0.1, -0.05) is 6.07 Å². The van der Waals surface area contributed by atoms with Crippen LogP contribution in [0.1, 0.15) is 5.69 Å². The van der Waals surface area contributed by atoms with Gasteiger partial charge in [0.25, 0.3) is 0 Å². The predicted octanol–water partition coefficient (Wildman–Crippen LogP) is 3.15. The number of pyridine rings is 2. The van der Waals surface area contributed by atoms with Crippen LogP contribution in [0.15, 0.2) is 53.4 Å². The van der Waals surface area contributed by atoms with E-state index in [-0.39, 0.29) is 0 Å². The second-order valence-corrected chi connectivity index (χ2v) is 5.15. The van der Waals surface area contributed by atoms with Crippen LogP contribution in [-0.4, -0.2) is 20.9 Å². The lowest BCUT2D eigenvalue weighted by atomic mass is 10.3. The second-order valence-electron chi connectivity index (χ2n) is 4.24. The van der Waals surface area contributed by atoms with Gasteiger partial charge in [-0.25, -0.2) is 9.97 Å². The third-order valence-electron chi connectivity index (χ3n) is 2.83. The van der Waals surface area contributed by atoms with Gasteiger partial charge in [-0.05, 0) is 40.2 Å². The average Bonchev–Trinajstić information content (AvgIpc) is 2.83. The van der Waals surface area contributed by atoms with E-state index in [1.165, 1.54) is 0 Å². The SMILES string of the molecule is Brc1ccc(NCCc2cn3ccccc3n2)nc1. The van der Waals surface area contributed by atoms with Crippen molar-refractivity contribution < 1.29 is 0 Å². The molecule has 0 unspecified atom stereocenters. The zero-order chi connectivity index (χ0) is 13.1. The molecule has 1 N–H and O–H groups in total. The van der Waals surface area contributed by atoms with Gasteiger partial charge in [-0.3, -0.25) is 0 Å². The number of nitrogens with zero attached hydrogens (tertiary/aromatic N) is 3. The molecule has 0 aliphatic carbocycles. The van der Waals surface area contributed by atoms with E-state index in [4.69, 9.17) is 0 Å². The summed E-state index contributed by atoms with van der Waals surface area (Å²) in [5.74, 6) is 0.881. The average molecular weight is 317 g/mol. The number of hydrogen-bond acceptors (Lipinski definition) is 3. The number of anilines is 1. The van der Waals surface area contributed by atoms with Crippen molar-refractivity contribution in [2.75, 3.05) is 11.9 Å². The van der Waals surface area contributed by atoms with E-state index < -0.39 is 0 Å². The monoisotopic (exact) mass is 316 g/mol. The maximum atomic E-state index is 4.55. The van der Waals surface area contributed by atoms with E-state index >= 15 is 0 Å². The number of hydrogen-bond donors (Lipinski definition) is 1. The molecule has 0 aliphatic heterocycles. The second kappa shape index (κ2) is 5.40. The molecule has 0 spiro atoms. The van der Waals surface area contributed by atoms with Gasteiger partial charge in [0.15, 0.2) is 0 Å². The largest absolute Gasteiger partial charge is 0.370 e. The normalized spacial score (nSPS) is 10.8. The summed E-state index contributed by atoms with van der Waals surface area (Å²) in [6.07, 6.45) is 6.73. The molecule has 0 saturated heterocycles. The fourth-order valence-corrected chi connectivity index (χ4v) is 2.14. The zero-order valence-electron chi connectivity index (χ0n) is 10.3. The fourth-order valence-electron chi connectivity index (χ4n) is 1.91. The first kappa shape index (κ1) is 12.2. The minimum atomic E-state index is 0.818. The summed E-state index contributed by atoms with van der Waals surface area (Å²) in [4.78, 5) is 8.82. The van der Waals surface area contributed by atoms with Gasteiger partial charge in [0.2, 0.25) is 0 Å². The Balaban J connectivity index is 1.61. The molecule has 4 nitrogen and oxygen atoms in total. The number of halogens is 1. The summed E-state index contributed by atoms with van der Waals surface area (Å²) in [6, 6.07) is 9.93. The topological polar surface area (TPSA) is 42.2 Å². The van der Waals surface area contributed by atoms with Gasteiger partial charge < -0.3 is 9.72 Å². The van der Waals surface area contributed by atoms with E-state index in [0.29, 0.717) is 0 Å². The van der Waals surface area contributed by atoms with Crippen LogP contribution in [0.2, 0.25) is 0 Å². The lowest BCUT2D eigenvalue weighted by Gasteiger charge is -2.03. The molecule has 3 aromatic heterocycles. The Hall–Kier alpha value is -1.88. The first-order chi connectivity index (χ1) is 9.31. The molecule has 0 amide bonds. The van der Waals surface area contributed by atoms with Crippen LogP contribution in [0.3, 0.4) is 0 Å². The molecule has 96 valence electrons. The summed E-state index contributed by atoms with van der Waals surface area (Å²) in [5.41, 5.74) is 2.06. The van der Waals surface area contributed by atoms with E-state index in [1.54, 1.807) is 6.20 Å². The number of aromatic nitrogens is 3. The molecule has 3 aromatic rings. The Bertz CT molecular complexity index is 642. The Morgan fingerprint density at radius 2 is 2.16 bits per heavy atom. The number of fused-ring (bicyclic) bond motifs is 1.